The average molecular weight is 867 g/mol. The highest BCUT2D eigenvalue weighted by atomic mass is 32.2. The quantitative estimate of drug-likeness (QED) is 0.0511. The third kappa shape index (κ3) is 26.7. The lowest BCUT2D eigenvalue weighted by molar-refractivity contribution is -0.155. The number of carboxylic acids is 1. The van der Waals surface area contributed by atoms with Gasteiger partial charge in [0.1, 0.15) is 30.4 Å². The molecular formula is C42H66N4O13S. The molecule has 4 N–H and O–H groups in total. The van der Waals surface area contributed by atoms with Gasteiger partial charge in [0, 0.05) is 25.7 Å². The van der Waals surface area contributed by atoms with E-state index in [1.165, 1.54) is 62.6 Å². The fraction of sp³-hybridized carbons (Fsp3) is 0.643. The van der Waals surface area contributed by atoms with Crippen LogP contribution in [0.25, 0.3) is 0 Å². The summed E-state index contributed by atoms with van der Waals surface area (Å²) in [6, 6.07) is 9.05. The fourth-order valence-corrected chi connectivity index (χ4v) is 6.47. The van der Waals surface area contributed by atoms with Crippen molar-refractivity contribution in [2.45, 2.75) is 108 Å². The van der Waals surface area contributed by atoms with Crippen LogP contribution in [0.5, 0.6) is 5.75 Å². The van der Waals surface area contributed by atoms with Gasteiger partial charge in [-0.2, -0.15) is 0 Å². The molecule has 60 heavy (non-hydrogen) atoms. The summed E-state index contributed by atoms with van der Waals surface area (Å²) in [5.74, 6) is -1.25. The van der Waals surface area contributed by atoms with Crippen molar-refractivity contribution >= 4 is 39.6 Å². The molecule has 0 aliphatic rings. The first-order chi connectivity index (χ1) is 28.7. The Balaban J connectivity index is 1.49. The van der Waals surface area contributed by atoms with E-state index in [0.717, 1.165) is 38.5 Å². The molecule has 2 rings (SSSR count). The second kappa shape index (κ2) is 30.6. The van der Waals surface area contributed by atoms with Crippen LogP contribution in [0.15, 0.2) is 47.5 Å². The van der Waals surface area contributed by atoms with Crippen LogP contribution in [0.3, 0.4) is 0 Å². The Morgan fingerprint density at radius 3 is 1.77 bits per heavy atom. The minimum Gasteiger partial charge on any atom is -0.494 e. The van der Waals surface area contributed by atoms with Crippen LogP contribution >= 0.6 is 0 Å². The number of aliphatic carboxylic acids is 1. The molecule has 0 bridgehead atoms. The highest BCUT2D eigenvalue weighted by Crippen LogP contribution is 2.20. The first-order valence-corrected chi connectivity index (χ1v) is 22.2. The molecule has 0 aliphatic heterocycles. The number of benzene rings is 1. The average Bonchev–Trinajstić information content (AvgIpc) is 3.19. The minimum absolute atomic E-state index is 0.0500. The number of rotatable bonds is 35. The van der Waals surface area contributed by atoms with E-state index < -0.39 is 27.5 Å². The number of ether oxygens (including phenoxy) is 6. The molecule has 0 fully saturated rings. The van der Waals surface area contributed by atoms with Gasteiger partial charge in [-0.15, -0.1) is 0 Å². The Hall–Kier alpha value is -4.36. The molecule has 0 saturated heterocycles. The van der Waals surface area contributed by atoms with Crippen molar-refractivity contribution in [3.63, 3.8) is 0 Å². The molecular weight excluding hydrogens is 801 g/mol. The number of carbonyl (C=O) groups is 4. The number of nitrogens with zero attached hydrogens (tertiary/aromatic N) is 1. The zero-order valence-electron chi connectivity index (χ0n) is 35.5. The maximum atomic E-state index is 12.9. The number of anilines is 1. The minimum atomic E-state index is -3.92. The van der Waals surface area contributed by atoms with Gasteiger partial charge in [0.05, 0.1) is 56.7 Å². The third-order valence-corrected chi connectivity index (χ3v) is 9.79. The highest BCUT2D eigenvalue weighted by Gasteiger charge is 2.17. The second-order valence-corrected chi connectivity index (χ2v) is 16.6. The number of carboxylic acid groups (broad SMARTS) is 1. The molecule has 0 radical (unpaired) electrons. The summed E-state index contributed by atoms with van der Waals surface area (Å²) in [4.78, 5) is 50.5. The zero-order chi connectivity index (χ0) is 43.9. The molecule has 1 aromatic carbocycles. The van der Waals surface area contributed by atoms with E-state index >= 15 is 0 Å². The van der Waals surface area contributed by atoms with Gasteiger partial charge in [0.15, 0.2) is 0 Å². The lowest BCUT2D eigenvalue weighted by Crippen LogP contribution is -2.31. The number of amides is 2. The van der Waals surface area contributed by atoms with Gasteiger partial charge in [-0.1, -0.05) is 57.8 Å². The largest absolute Gasteiger partial charge is 0.494 e. The van der Waals surface area contributed by atoms with Crippen LogP contribution < -0.4 is 20.1 Å². The van der Waals surface area contributed by atoms with Crippen LogP contribution in [0, 0.1) is 0 Å². The van der Waals surface area contributed by atoms with Gasteiger partial charge < -0.3 is 44.2 Å². The van der Waals surface area contributed by atoms with Crippen molar-refractivity contribution in [1.82, 2.24) is 15.6 Å². The third-order valence-electron chi connectivity index (χ3n) is 8.42. The van der Waals surface area contributed by atoms with Gasteiger partial charge in [0.2, 0.25) is 5.91 Å². The molecule has 0 spiro atoms. The van der Waals surface area contributed by atoms with E-state index in [2.05, 4.69) is 20.3 Å². The Kier molecular flexibility index (Phi) is 26.4. The van der Waals surface area contributed by atoms with Crippen LogP contribution in [-0.2, 0) is 48.1 Å². The number of esters is 1. The van der Waals surface area contributed by atoms with Crippen molar-refractivity contribution in [2.24, 2.45) is 0 Å². The predicted molar refractivity (Wildman–Crippen MR) is 224 cm³/mol. The van der Waals surface area contributed by atoms with Crippen LogP contribution in [-0.4, -0.2) is 120 Å². The summed E-state index contributed by atoms with van der Waals surface area (Å²) in [6.45, 7) is 7.34. The van der Waals surface area contributed by atoms with E-state index in [0.29, 0.717) is 18.8 Å². The first-order valence-electron chi connectivity index (χ1n) is 20.8. The summed E-state index contributed by atoms with van der Waals surface area (Å²) in [5.41, 5.74) is -0.175. The van der Waals surface area contributed by atoms with Crippen molar-refractivity contribution in [1.29, 1.82) is 0 Å². The van der Waals surface area contributed by atoms with Gasteiger partial charge >= 0.3 is 11.9 Å². The normalized spacial score (nSPS) is 11.5. The number of unbranched alkanes of at least 4 members (excludes halogenated alkanes) is 10. The summed E-state index contributed by atoms with van der Waals surface area (Å²) in [6.07, 6.45) is 14.1. The van der Waals surface area contributed by atoms with Gasteiger partial charge in [0.25, 0.3) is 15.9 Å². The number of nitrogens with one attached hydrogen (secondary N) is 3. The molecule has 0 aliphatic carbocycles. The zero-order valence-corrected chi connectivity index (χ0v) is 36.3. The van der Waals surface area contributed by atoms with E-state index in [-0.39, 0.29) is 94.1 Å². The summed E-state index contributed by atoms with van der Waals surface area (Å²) < 4.78 is 60.1. The van der Waals surface area contributed by atoms with E-state index in [1.807, 2.05) is 20.8 Å². The maximum absolute atomic E-state index is 12.9. The topological polar surface area (TPSA) is 227 Å². The molecule has 2 aromatic rings. The van der Waals surface area contributed by atoms with Crippen molar-refractivity contribution in [3.8, 4) is 5.75 Å². The van der Waals surface area contributed by atoms with Crippen LogP contribution in [0.4, 0.5) is 5.82 Å². The lowest BCUT2D eigenvalue weighted by Gasteiger charge is -2.19. The van der Waals surface area contributed by atoms with Crippen molar-refractivity contribution in [2.75, 3.05) is 77.3 Å². The number of hydrogen-bond acceptors (Lipinski definition) is 13. The van der Waals surface area contributed by atoms with Crippen molar-refractivity contribution < 1.29 is 61.1 Å². The predicted octanol–water partition coefficient (Wildman–Crippen LogP) is 5.28. The number of carbonyl (C=O) groups excluding carboxylic acids is 3. The summed E-state index contributed by atoms with van der Waals surface area (Å²) >= 11 is 0. The van der Waals surface area contributed by atoms with Gasteiger partial charge in [-0.25, -0.2) is 18.2 Å². The molecule has 1 heterocycles. The number of sulfonamides is 1. The lowest BCUT2D eigenvalue weighted by atomic mass is 10.1. The number of hydrogen-bond donors (Lipinski definition) is 4. The van der Waals surface area contributed by atoms with E-state index in [4.69, 9.17) is 33.5 Å². The number of aromatic nitrogens is 1. The van der Waals surface area contributed by atoms with Crippen LogP contribution in [0.2, 0.25) is 0 Å². The molecule has 1 aromatic heterocycles. The Morgan fingerprint density at radius 1 is 0.650 bits per heavy atom. The molecule has 18 heteroatoms. The van der Waals surface area contributed by atoms with Gasteiger partial charge in [-0.3, -0.25) is 19.1 Å². The van der Waals surface area contributed by atoms with E-state index in [9.17, 15) is 27.6 Å². The molecule has 17 nitrogen and oxygen atoms in total. The van der Waals surface area contributed by atoms with Gasteiger partial charge in [-0.05, 0) is 70.0 Å². The highest BCUT2D eigenvalue weighted by molar-refractivity contribution is 7.92. The first kappa shape index (κ1) is 51.8. The molecule has 0 saturated carbocycles. The molecule has 2 amide bonds. The standard InChI is InChI=1S/C42H66N4O13S/c1-42(2,3)59-40(50)15-13-11-9-7-5-4-6-8-10-12-14-24-58-35-17-19-36(20-18-35)60(52,53)46-37-21-16-34(31-45-37)41(51)44-23-26-55-27-29-56-32-38(47)43-22-25-54-28-30-57-33-39(48)49/h16-21,31H,4-15,22-30,32-33H2,1-3H3,(H,43,47)(H,44,51)(H,45,46)(H,48,49). The molecule has 0 unspecified atom stereocenters. The smallest absolute Gasteiger partial charge is 0.329 e. The molecule has 0 atom stereocenters. The number of pyridine rings is 1. The van der Waals surface area contributed by atoms with Crippen LogP contribution in [0.1, 0.15) is 108 Å². The Bertz CT molecular complexity index is 1620. The monoisotopic (exact) mass is 866 g/mol. The summed E-state index contributed by atoms with van der Waals surface area (Å²) in [5, 5.41) is 13.8. The molecule has 338 valence electrons. The maximum Gasteiger partial charge on any atom is 0.329 e. The Labute approximate surface area is 355 Å². The van der Waals surface area contributed by atoms with E-state index in [1.54, 1.807) is 12.1 Å². The summed E-state index contributed by atoms with van der Waals surface area (Å²) in [7, 11) is -3.92. The SMILES string of the molecule is CC(C)(C)OC(=O)CCCCCCCCCCCCCOc1ccc(S(=O)(=O)Nc2ccc(C(=O)NCCOCCOCC(=O)NCCOCCOCC(=O)O)cn2)cc1. The second-order valence-electron chi connectivity index (χ2n) is 14.9. The van der Waals surface area contributed by atoms with Crippen molar-refractivity contribution in [3.05, 3.63) is 48.2 Å². The fourth-order valence-electron chi connectivity index (χ4n) is 5.46. The Morgan fingerprint density at radius 2 is 1.20 bits per heavy atom.